The molecule has 0 saturated carbocycles. The van der Waals surface area contributed by atoms with Crippen LogP contribution in [0.25, 0.3) is 10.2 Å². The fourth-order valence-corrected chi connectivity index (χ4v) is 5.26. The Morgan fingerprint density at radius 2 is 1.91 bits per heavy atom. The lowest BCUT2D eigenvalue weighted by molar-refractivity contribution is -0.383. The molecule has 0 spiro atoms. The number of thioether (sulfide) groups is 1. The molecule has 0 aliphatic heterocycles. The van der Waals surface area contributed by atoms with E-state index in [0.717, 1.165) is 10.2 Å². The van der Waals surface area contributed by atoms with Crippen molar-refractivity contribution in [3.63, 3.8) is 0 Å². The molecule has 7 nitrogen and oxygen atoms in total. The highest BCUT2D eigenvalue weighted by molar-refractivity contribution is 8.01. The van der Waals surface area contributed by atoms with Crippen LogP contribution in [0.5, 0.6) is 0 Å². The molecule has 0 atom stereocenters. The molecule has 11 heteroatoms. The molecule has 4 rings (SSSR count). The third-order valence-corrected chi connectivity index (χ3v) is 7.22. The van der Waals surface area contributed by atoms with Crippen molar-refractivity contribution in [2.45, 2.75) is 4.34 Å². The number of aromatic nitrogens is 1. The minimum Gasteiger partial charge on any atom is -0.320 e. The number of thiazole rings is 1. The molecule has 0 unspecified atom stereocenters. The van der Waals surface area contributed by atoms with Crippen molar-refractivity contribution < 1.29 is 9.72 Å². The van der Waals surface area contributed by atoms with Gasteiger partial charge in [0.1, 0.15) is 5.69 Å². The van der Waals surface area contributed by atoms with Crippen molar-refractivity contribution in [3.8, 4) is 0 Å². The summed E-state index contributed by atoms with van der Waals surface area (Å²) < 4.78 is 1.62. The number of carbonyl (C=O) groups excluding carboxylic acids is 1. The maximum Gasteiger partial charge on any atom is 0.292 e. The van der Waals surface area contributed by atoms with Crippen molar-refractivity contribution in [1.82, 2.24) is 4.98 Å². The van der Waals surface area contributed by atoms with E-state index in [0.29, 0.717) is 25.6 Å². The van der Waals surface area contributed by atoms with Crippen molar-refractivity contribution in [2.75, 3.05) is 11.1 Å². The number of nitrogens with zero attached hydrogens (tertiary/aromatic N) is 3. The van der Waals surface area contributed by atoms with Crippen LogP contribution in [0, 0.1) is 10.1 Å². The average molecular weight is 517 g/mol. The maximum atomic E-state index is 12.3. The number of halogens is 2. The second kappa shape index (κ2) is 10.3. The van der Waals surface area contributed by atoms with E-state index in [2.05, 4.69) is 15.3 Å². The summed E-state index contributed by atoms with van der Waals surface area (Å²) in [5.41, 5.74) is 2.16. The minimum atomic E-state index is -0.532. The van der Waals surface area contributed by atoms with Gasteiger partial charge in [-0.2, -0.15) is 0 Å². The third-order valence-electron chi connectivity index (χ3n) is 4.40. The first kappa shape index (κ1) is 23.2. The summed E-state index contributed by atoms with van der Waals surface area (Å²) in [5.74, 6) is -0.280. The monoisotopic (exact) mass is 516 g/mol. The number of hydrogen-bond donors (Lipinski definition) is 1. The van der Waals surface area contributed by atoms with E-state index in [1.54, 1.807) is 36.5 Å². The van der Waals surface area contributed by atoms with E-state index < -0.39 is 4.92 Å². The normalized spacial score (nSPS) is 11.2. The van der Waals surface area contributed by atoms with E-state index in [1.807, 2.05) is 18.2 Å². The van der Waals surface area contributed by atoms with Crippen LogP contribution in [0.15, 0.2) is 70.0 Å². The summed E-state index contributed by atoms with van der Waals surface area (Å²) in [6, 6.07) is 16.9. The summed E-state index contributed by atoms with van der Waals surface area (Å²) in [4.78, 5) is 31.8. The van der Waals surface area contributed by atoms with Crippen molar-refractivity contribution in [3.05, 3.63) is 86.4 Å². The van der Waals surface area contributed by atoms with Gasteiger partial charge >= 0.3 is 0 Å². The number of nitro groups is 1. The quantitative estimate of drug-likeness (QED) is 0.123. The Labute approximate surface area is 206 Å². The van der Waals surface area contributed by atoms with Crippen LogP contribution in [0.1, 0.15) is 5.56 Å². The lowest BCUT2D eigenvalue weighted by atomic mass is 10.2. The number of carbonyl (C=O) groups is 1. The van der Waals surface area contributed by atoms with Crippen LogP contribution < -0.4 is 5.32 Å². The third kappa shape index (κ3) is 5.69. The second-order valence-electron chi connectivity index (χ2n) is 6.64. The Morgan fingerprint density at radius 1 is 1.15 bits per heavy atom. The van der Waals surface area contributed by atoms with Crippen LogP contribution in [0.2, 0.25) is 10.0 Å². The molecule has 4 aromatic rings. The predicted octanol–water partition coefficient (Wildman–Crippen LogP) is 6.99. The molecule has 0 fully saturated rings. The number of fused-ring (bicyclic) bond motifs is 1. The molecule has 3 aromatic carbocycles. The van der Waals surface area contributed by atoms with Crippen molar-refractivity contribution in [2.24, 2.45) is 4.99 Å². The Morgan fingerprint density at radius 3 is 2.67 bits per heavy atom. The lowest BCUT2D eigenvalue weighted by Gasteiger charge is -2.04. The van der Waals surface area contributed by atoms with Crippen LogP contribution in [-0.2, 0) is 4.79 Å². The van der Waals surface area contributed by atoms with E-state index in [9.17, 15) is 14.9 Å². The molecule has 0 saturated heterocycles. The minimum absolute atomic E-state index is 0.0713. The SMILES string of the molecule is O=C(CSc1nc2ccc(N=Cc3c(Cl)cccc3Cl)cc2s1)Nc1ccccc1[N+](=O)[O-]. The first-order valence-electron chi connectivity index (χ1n) is 9.45. The molecule has 1 amide bonds. The van der Waals surface area contributed by atoms with Gasteiger partial charge in [-0.3, -0.25) is 19.9 Å². The topological polar surface area (TPSA) is 97.5 Å². The van der Waals surface area contributed by atoms with Crippen LogP contribution in [0.4, 0.5) is 17.1 Å². The zero-order valence-electron chi connectivity index (χ0n) is 16.7. The average Bonchev–Trinajstić information content (AvgIpc) is 3.20. The Kier molecular flexibility index (Phi) is 7.24. The molecular weight excluding hydrogens is 503 g/mol. The standard InChI is InChI=1S/C22H14Cl2N4O3S2/c23-15-4-3-5-16(24)14(15)11-25-13-8-9-18-20(10-13)33-22(27-18)32-12-21(29)26-17-6-1-2-7-19(17)28(30)31/h1-11H,12H2,(H,26,29). The number of benzene rings is 3. The Hall–Kier alpha value is -2.98. The highest BCUT2D eigenvalue weighted by Gasteiger charge is 2.15. The molecular formula is C22H14Cl2N4O3S2. The largest absolute Gasteiger partial charge is 0.320 e. The highest BCUT2D eigenvalue weighted by atomic mass is 35.5. The van der Waals surface area contributed by atoms with Gasteiger partial charge in [-0.05, 0) is 36.4 Å². The van der Waals surface area contributed by atoms with Crippen LogP contribution in [0.3, 0.4) is 0 Å². The van der Waals surface area contributed by atoms with Crippen LogP contribution in [-0.4, -0.2) is 27.8 Å². The number of para-hydroxylation sites is 2. The molecule has 1 heterocycles. The Bertz CT molecular complexity index is 1370. The van der Waals surface area contributed by atoms with Gasteiger partial charge in [0.15, 0.2) is 4.34 Å². The molecule has 0 aliphatic carbocycles. The molecule has 1 aromatic heterocycles. The molecule has 0 aliphatic rings. The molecule has 33 heavy (non-hydrogen) atoms. The number of nitrogens with one attached hydrogen (secondary N) is 1. The summed E-state index contributed by atoms with van der Waals surface area (Å²) in [6.45, 7) is 0. The van der Waals surface area contributed by atoms with E-state index in [1.165, 1.54) is 35.2 Å². The van der Waals surface area contributed by atoms with Crippen molar-refractivity contribution in [1.29, 1.82) is 0 Å². The number of aliphatic imine (C=N–C) groups is 1. The zero-order chi connectivity index (χ0) is 23.4. The number of anilines is 1. The molecule has 166 valence electrons. The molecule has 0 radical (unpaired) electrons. The van der Waals surface area contributed by atoms with Gasteiger partial charge < -0.3 is 5.32 Å². The van der Waals surface area contributed by atoms with E-state index in [-0.39, 0.29) is 23.0 Å². The van der Waals surface area contributed by atoms with Gasteiger partial charge in [0.05, 0.1) is 36.6 Å². The number of amides is 1. The fraction of sp³-hybridized carbons (Fsp3) is 0.0455. The maximum absolute atomic E-state index is 12.3. The van der Waals surface area contributed by atoms with Crippen LogP contribution >= 0.6 is 46.3 Å². The van der Waals surface area contributed by atoms with Gasteiger partial charge in [0, 0.05) is 17.8 Å². The number of rotatable bonds is 7. The Balaban J connectivity index is 1.43. The summed E-state index contributed by atoms with van der Waals surface area (Å²) in [6.07, 6.45) is 1.62. The van der Waals surface area contributed by atoms with E-state index >= 15 is 0 Å². The summed E-state index contributed by atoms with van der Waals surface area (Å²) >= 11 is 15.0. The first-order chi connectivity index (χ1) is 15.9. The zero-order valence-corrected chi connectivity index (χ0v) is 19.8. The van der Waals surface area contributed by atoms with Gasteiger partial charge in [-0.25, -0.2) is 4.98 Å². The summed E-state index contributed by atoms with van der Waals surface area (Å²) in [7, 11) is 0. The van der Waals surface area contributed by atoms with Gasteiger partial charge in [0.2, 0.25) is 5.91 Å². The smallest absolute Gasteiger partial charge is 0.292 e. The fourth-order valence-electron chi connectivity index (χ4n) is 2.86. The van der Waals surface area contributed by atoms with E-state index in [4.69, 9.17) is 23.2 Å². The summed E-state index contributed by atoms with van der Waals surface area (Å²) in [5, 5.41) is 14.7. The molecule has 1 N–H and O–H groups in total. The highest BCUT2D eigenvalue weighted by Crippen LogP contribution is 2.33. The van der Waals surface area contributed by atoms with Crippen molar-refractivity contribution >= 4 is 85.7 Å². The number of nitro benzene ring substituents is 1. The first-order valence-corrected chi connectivity index (χ1v) is 12.0. The van der Waals surface area contributed by atoms with Gasteiger partial charge in [-0.1, -0.05) is 53.2 Å². The predicted molar refractivity (Wildman–Crippen MR) is 136 cm³/mol. The molecule has 0 bridgehead atoms. The van der Waals surface area contributed by atoms with Gasteiger partial charge in [-0.15, -0.1) is 11.3 Å². The second-order valence-corrected chi connectivity index (χ2v) is 9.70. The number of hydrogen-bond acceptors (Lipinski definition) is 7. The van der Waals surface area contributed by atoms with Gasteiger partial charge in [0.25, 0.3) is 5.69 Å². The lowest BCUT2D eigenvalue weighted by Crippen LogP contribution is -2.15.